The Kier molecular flexibility index (Phi) is 12.7. The van der Waals surface area contributed by atoms with E-state index < -0.39 is 66.5 Å². The molecule has 0 aromatic heterocycles. The molecule has 0 radical (unpaired) electrons. The maximum absolute atomic E-state index is 14.1. The number of primary amides is 1. The van der Waals surface area contributed by atoms with Crippen LogP contribution in [0.3, 0.4) is 0 Å². The van der Waals surface area contributed by atoms with E-state index in [1.54, 1.807) is 33.8 Å². The molecule has 0 saturated heterocycles. The highest BCUT2D eigenvalue weighted by Crippen LogP contribution is 2.29. The molecule has 0 aliphatic rings. The van der Waals surface area contributed by atoms with Crippen LogP contribution in [0, 0.1) is 5.92 Å². The third-order valence-corrected chi connectivity index (χ3v) is 5.63. The molecule has 1 aromatic rings. The first-order valence-electron chi connectivity index (χ1n) is 12.8. The monoisotopic (exact) mass is 550 g/mol. The van der Waals surface area contributed by atoms with Gasteiger partial charge in [-0.05, 0) is 64.2 Å². The topological polar surface area (TPSA) is 177 Å². The van der Waals surface area contributed by atoms with Crippen molar-refractivity contribution in [2.24, 2.45) is 11.7 Å². The molecule has 12 nitrogen and oxygen atoms in total. The number of methoxy groups -OCH3 is 1. The molecule has 3 atom stereocenters. The first-order chi connectivity index (χ1) is 18.0. The lowest BCUT2D eigenvalue weighted by atomic mass is 9.96. The number of nitrogens with one attached hydrogen (secondary N) is 2. The summed E-state index contributed by atoms with van der Waals surface area (Å²) in [5.41, 5.74) is 4.77. The van der Waals surface area contributed by atoms with Gasteiger partial charge in [0.1, 0.15) is 30.0 Å². The molecular weight excluding hydrogens is 508 g/mol. The average molecular weight is 551 g/mol. The van der Waals surface area contributed by atoms with E-state index in [0.29, 0.717) is 12.8 Å². The lowest BCUT2D eigenvalue weighted by Crippen LogP contribution is -2.56. The number of nitrogens with two attached hydrogens (primary N) is 1. The second kappa shape index (κ2) is 14.9. The Hall–Kier alpha value is -3.83. The molecule has 0 aliphatic carbocycles. The number of hydrogen-bond acceptors (Lipinski definition) is 8. The van der Waals surface area contributed by atoms with E-state index in [1.807, 2.05) is 13.8 Å². The van der Waals surface area contributed by atoms with Gasteiger partial charge in [0.25, 0.3) is 0 Å². The molecule has 0 aliphatic heterocycles. The number of carbonyl (C=O) groups excluding carboxylic acids is 5. The van der Waals surface area contributed by atoms with Crippen molar-refractivity contribution < 1.29 is 38.6 Å². The molecule has 39 heavy (non-hydrogen) atoms. The summed E-state index contributed by atoms with van der Waals surface area (Å²) in [5, 5.41) is 15.0. The minimum atomic E-state index is -1.45. The number of phenols is 1. The second-order valence-corrected chi connectivity index (χ2v) is 10.7. The van der Waals surface area contributed by atoms with Gasteiger partial charge < -0.3 is 35.8 Å². The first kappa shape index (κ1) is 33.2. The first-order valence-corrected chi connectivity index (χ1v) is 12.8. The number of amides is 4. The average Bonchev–Trinajstić information content (AvgIpc) is 2.81. The quantitative estimate of drug-likeness (QED) is 0.270. The maximum atomic E-state index is 14.1. The van der Waals surface area contributed by atoms with Crippen LogP contribution >= 0.6 is 0 Å². The van der Waals surface area contributed by atoms with Crippen molar-refractivity contribution in [3.63, 3.8) is 0 Å². The summed E-state index contributed by atoms with van der Waals surface area (Å²) in [5.74, 6) is -2.94. The number of carbonyl (C=O) groups is 5. The number of esters is 1. The Morgan fingerprint density at radius 3 is 2.23 bits per heavy atom. The van der Waals surface area contributed by atoms with Crippen LogP contribution in [0.4, 0.5) is 4.79 Å². The Morgan fingerprint density at radius 2 is 1.72 bits per heavy atom. The lowest BCUT2D eigenvalue weighted by Gasteiger charge is -2.38. The molecule has 0 bridgehead atoms. The molecule has 3 unspecified atom stereocenters. The number of benzene rings is 1. The molecule has 1 rings (SSSR count). The number of aromatic hydroxyl groups is 1. The number of nitrogens with zero attached hydrogens (tertiary/aromatic N) is 1. The number of ether oxygens (including phenoxy) is 2. The molecule has 0 fully saturated rings. The fraction of sp³-hybridized carbons (Fsp3) is 0.593. The summed E-state index contributed by atoms with van der Waals surface area (Å²) in [6.07, 6.45) is -0.330. The highest BCUT2D eigenvalue weighted by molar-refractivity contribution is 5.95. The van der Waals surface area contributed by atoms with Crippen LogP contribution in [0.25, 0.3) is 0 Å². The number of alkyl carbamates (subject to hydrolysis) is 1. The zero-order valence-electron chi connectivity index (χ0n) is 23.8. The highest BCUT2D eigenvalue weighted by atomic mass is 16.6. The molecule has 218 valence electrons. The molecular formula is C27H42N4O8. The van der Waals surface area contributed by atoms with Gasteiger partial charge in [-0.15, -0.1) is 0 Å². The van der Waals surface area contributed by atoms with Crippen LogP contribution in [-0.4, -0.2) is 71.1 Å². The van der Waals surface area contributed by atoms with Crippen molar-refractivity contribution >= 4 is 29.8 Å². The van der Waals surface area contributed by atoms with E-state index in [-0.39, 0.29) is 17.2 Å². The fourth-order valence-electron chi connectivity index (χ4n) is 3.80. The van der Waals surface area contributed by atoms with Gasteiger partial charge in [0.05, 0.1) is 13.5 Å². The molecule has 5 N–H and O–H groups in total. The zero-order valence-corrected chi connectivity index (χ0v) is 23.8. The Labute approximate surface area is 229 Å². The Morgan fingerprint density at radius 1 is 1.08 bits per heavy atom. The zero-order chi connectivity index (χ0) is 29.9. The van der Waals surface area contributed by atoms with Crippen molar-refractivity contribution in [1.29, 1.82) is 0 Å². The van der Waals surface area contributed by atoms with Gasteiger partial charge in [-0.25, -0.2) is 4.79 Å². The van der Waals surface area contributed by atoms with Crippen molar-refractivity contribution in [3.8, 4) is 5.75 Å². The molecule has 12 heteroatoms. The predicted octanol–water partition coefficient (Wildman–Crippen LogP) is 2.14. The minimum absolute atomic E-state index is 0.152. The summed E-state index contributed by atoms with van der Waals surface area (Å²) in [6, 6.07) is 2.41. The van der Waals surface area contributed by atoms with E-state index in [2.05, 4.69) is 15.4 Å². The molecule has 4 amide bonds. The predicted molar refractivity (Wildman–Crippen MR) is 143 cm³/mol. The number of rotatable bonds is 13. The van der Waals surface area contributed by atoms with Gasteiger partial charge >= 0.3 is 12.1 Å². The smallest absolute Gasteiger partial charge is 0.408 e. The SMILES string of the molecule is COC(=O)CNC(=O)C(c1cccc(O)c1)N(C(=O)C(CC(N)=O)NC(=O)OC(C)(C)C)C(C)CCC(C)C. The van der Waals surface area contributed by atoms with Gasteiger partial charge in [0.2, 0.25) is 17.7 Å². The van der Waals surface area contributed by atoms with E-state index in [1.165, 1.54) is 30.2 Å². The molecule has 0 saturated carbocycles. The summed E-state index contributed by atoms with van der Waals surface area (Å²) in [6.45, 7) is 10.2. The van der Waals surface area contributed by atoms with Gasteiger partial charge in [-0.1, -0.05) is 26.0 Å². The largest absolute Gasteiger partial charge is 0.508 e. The summed E-state index contributed by atoms with van der Waals surface area (Å²) in [7, 11) is 1.17. The van der Waals surface area contributed by atoms with Gasteiger partial charge in [0, 0.05) is 6.04 Å². The minimum Gasteiger partial charge on any atom is -0.508 e. The normalized spacial score (nSPS) is 13.5. The number of hydrogen-bond donors (Lipinski definition) is 4. The fourth-order valence-corrected chi connectivity index (χ4v) is 3.80. The van der Waals surface area contributed by atoms with Crippen LogP contribution in [0.5, 0.6) is 5.75 Å². The van der Waals surface area contributed by atoms with Gasteiger partial charge in [-0.3, -0.25) is 19.2 Å². The van der Waals surface area contributed by atoms with Gasteiger partial charge in [0.15, 0.2) is 0 Å². The van der Waals surface area contributed by atoms with Crippen molar-refractivity contribution in [1.82, 2.24) is 15.5 Å². The molecule has 0 heterocycles. The van der Waals surface area contributed by atoms with E-state index in [4.69, 9.17) is 10.5 Å². The van der Waals surface area contributed by atoms with E-state index in [9.17, 15) is 29.1 Å². The third-order valence-electron chi connectivity index (χ3n) is 5.63. The summed E-state index contributed by atoms with van der Waals surface area (Å²) >= 11 is 0. The van der Waals surface area contributed by atoms with Crippen LogP contribution in [0.2, 0.25) is 0 Å². The van der Waals surface area contributed by atoms with Crippen molar-refractivity contribution in [2.75, 3.05) is 13.7 Å². The summed E-state index contributed by atoms with van der Waals surface area (Å²) in [4.78, 5) is 65.1. The van der Waals surface area contributed by atoms with Crippen LogP contribution in [0.15, 0.2) is 24.3 Å². The highest BCUT2D eigenvalue weighted by Gasteiger charge is 2.39. The molecule has 0 spiro atoms. The second-order valence-electron chi connectivity index (χ2n) is 10.7. The standard InChI is InChI=1S/C27H42N4O8/c1-16(2)11-12-17(3)31(25(36)20(14-21(28)33)30-26(37)39-27(4,5)6)23(18-9-8-10-19(32)13-18)24(35)29-15-22(34)38-7/h8-10,13,16-17,20,23,32H,11-12,14-15H2,1-7H3,(H2,28,33)(H,29,35)(H,30,37). The maximum Gasteiger partial charge on any atom is 0.408 e. The van der Waals surface area contributed by atoms with Crippen molar-refractivity contribution in [3.05, 3.63) is 29.8 Å². The van der Waals surface area contributed by atoms with Crippen LogP contribution in [0.1, 0.15) is 72.4 Å². The number of phenolic OH excluding ortho intramolecular Hbond substituents is 1. The van der Waals surface area contributed by atoms with Crippen molar-refractivity contribution in [2.45, 2.75) is 84.5 Å². The van der Waals surface area contributed by atoms with E-state index >= 15 is 0 Å². The lowest BCUT2D eigenvalue weighted by molar-refractivity contribution is -0.147. The Bertz CT molecular complexity index is 1020. The Balaban J connectivity index is 3.63. The van der Waals surface area contributed by atoms with Crippen LogP contribution in [-0.2, 0) is 28.7 Å². The van der Waals surface area contributed by atoms with Gasteiger partial charge in [-0.2, -0.15) is 0 Å². The van der Waals surface area contributed by atoms with E-state index in [0.717, 1.165) is 0 Å². The summed E-state index contributed by atoms with van der Waals surface area (Å²) < 4.78 is 9.87. The third kappa shape index (κ3) is 11.6. The molecule has 1 aromatic carbocycles. The van der Waals surface area contributed by atoms with Crippen LogP contribution < -0.4 is 16.4 Å².